The van der Waals surface area contributed by atoms with Crippen LogP contribution in [0.1, 0.15) is 5.56 Å². The predicted molar refractivity (Wildman–Crippen MR) is 121 cm³/mol. The molecule has 5 rings (SSSR count). The fraction of sp³-hybridized carbons (Fsp3) is 0.120. The number of nitrogens with zero attached hydrogens (tertiary/aromatic N) is 3. The molecule has 0 bridgehead atoms. The van der Waals surface area contributed by atoms with Crippen LogP contribution in [-0.2, 0) is 35.5 Å². The molecule has 0 radical (unpaired) electrons. The molecular weight excluding hydrogens is 506 g/mol. The van der Waals surface area contributed by atoms with Crippen molar-refractivity contribution in [3.8, 4) is 0 Å². The van der Waals surface area contributed by atoms with Gasteiger partial charge in [0.05, 0.1) is 0 Å². The maximum atomic E-state index is 13.3. The summed E-state index contributed by atoms with van der Waals surface area (Å²) >= 11 is 4.51. The second-order valence-electron chi connectivity index (χ2n) is 7.86. The van der Waals surface area contributed by atoms with Gasteiger partial charge in [-0.25, -0.2) is 0 Å². The SMILES string of the molecule is O=C1C(Cc2ccccc2)=NC2=[C]([Cd][c]3ccc(Cl)cc3)CN(c3ccccc3)CN12. The number of benzene rings is 3. The molecule has 150 valence electrons. The zero-order chi connectivity index (χ0) is 21.2. The average Bonchev–Trinajstić information content (AvgIpc) is 3.12. The van der Waals surface area contributed by atoms with Gasteiger partial charge in [-0.05, 0) is 0 Å². The van der Waals surface area contributed by atoms with Gasteiger partial charge in [0.1, 0.15) is 0 Å². The molecule has 0 saturated carbocycles. The molecule has 0 aromatic heterocycles. The summed E-state index contributed by atoms with van der Waals surface area (Å²) in [4.78, 5) is 22.3. The van der Waals surface area contributed by atoms with Gasteiger partial charge < -0.3 is 0 Å². The van der Waals surface area contributed by atoms with Gasteiger partial charge in [0.25, 0.3) is 0 Å². The van der Waals surface area contributed by atoms with Crippen molar-refractivity contribution in [3.05, 3.63) is 104 Å². The van der Waals surface area contributed by atoms with E-state index >= 15 is 0 Å². The van der Waals surface area contributed by atoms with Crippen molar-refractivity contribution in [1.29, 1.82) is 0 Å². The zero-order valence-electron chi connectivity index (χ0n) is 17.0. The van der Waals surface area contributed by atoms with Gasteiger partial charge in [-0.3, -0.25) is 0 Å². The molecule has 0 fully saturated rings. The van der Waals surface area contributed by atoms with Gasteiger partial charge in [0, 0.05) is 0 Å². The standard InChI is InChI=1S/C19H16N3O.C6H4Cl.Cd/c23-19-17(13-15-7-3-1-4-8-15)20-18-11-12-21(14-22(18)19)16-9-5-2-6-10-16;7-6-4-2-1-3-5-6;/h1-10H,12-14H2;2-5H;. The van der Waals surface area contributed by atoms with E-state index in [1.54, 1.807) is 0 Å². The van der Waals surface area contributed by atoms with Gasteiger partial charge in [0.15, 0.2) is 0 Å². The van der Waals surface area contributed by atoms with Crippen molar-refractivity contribution >= 4 is 32.0 Å². The Bertz CT molecular complexity index is 1160. The zero-order valence-corrected chi connectivity index (χ0v) is 21.8. The van der Waals surface area contributed by atoms with Crippen LogP contribution in [0.2, 0.25) is 5.02 Å². The fourth-order valence-corrected chi connectivity index (χ4v) is 9.30. The second-order valence-corrected chi connectivity index (χ2v) is 14.1. The van der Waals surface area contributed by atoms with E-state index in [4.69, 9.17) is 16.6 Å². The van der Waals surface area contributed by atoms with Gasteiger partial charge in [-0.1, -0.05) is 0 Å². The van der Waals surface area contributed by atoms with Crippen molar-refractivity contribution in [3.63, 3.8) is 0 Å². The summed E-state index contributed by atoms with van der Waals surface area (Å²) in [5, 5.41) is 0.753. The number of carbonyl (C=O) groups is 1. The first kappa shape index (κ1) is 20.5. The molecule has 3 aromatic rings. The summed E-state index contributed by atoms with van der Waals surface area (Å²) in [6.07, 6.45) is 0.564. The topological polar surface area (TPSA) is 35.9 Å². The molecule has 0 saturated heterocycles. The molecule has 0 atom stereocenters. The Hall–Kier alpha value is -2.45. The molecule has 2 aliphatic heterocycles. The minimum absolute atomic E-state index is 0.0272. The second kappa shape index (κ2) is 8.96. The molecule has 0 N–H and O–H groups in total. The van der Waals surface area contributed by atoms with Gasteiger partial charge in [-0.15, -0.1) is 0 Å². The molecule has 6 heteroatoms. The Balaban J connectivity index is 1.50. The Morgan fingerprint density at radius 3 is 2.29 bits per heavy atom. The number of amides is 1. The Kier molecular flexibility index (Phi) is 5.91. The van der Waals surface area contributed by atoms with Crippen LogP contribution in [0, 0.1) is 0 Å². The van der Waals surface area contributed by atoms with Crippen LogP contribution in [0.25, 0.3) is 0 Å². The van der Waals surface area contributed by atoms with Crippen LogP contribution in [0.5, 0.6) is 0 Å². The van der Waals surface area contributed by atoms with E-state index < -0.39 is 24.2 Å². The molecule has 0 spiro atoms. The summed E-state index contributed by atoms with van der Waals surface area (Å²) < 4.78 is 2.71. The van der Waals surface area contributed by atoms with Crippen LogP contribution in [0.4, 0.5) is 5.69 Å². The Labute approximate surface area is 199 Å². The van der Waals surface area contributed by atoms with Gasteiger partial charge in [-0.2, -0.15) is 0 Å². The van der Waals surface area contributed by atoms with Crippen LogP contribution < -0.4 is 8.02 Å². The first-order valence-corrected chi connectivity index (χ1v) is 14.8. The normalized spacial score (nSPS) is 15.6. The molecule has 1 amide bonds. The van der Waals surface area contributed by atoms with E-state index in [1.165, 1.54) is 6.26 Å². The molecular formula is C25H20CdClN3O. The maximum absolute atomic E-state index is 13.3. The molecule has 3 aromatic carbocycles. The minimum atomic E-state index is -1.58. The van der Waals surface area contributed by atoms with Gasteiger partial charge >= 0.3 is 200 Å². The number of aliphatic imine (C=N–C) groups is 1. The van der Waals surface area contributed by atoms with Crippen molar-refractivity contribution in [2.24, 2.45) is 4.99 Å². The third kappa shape index (κ3) is 4.45. The van der Waals surface area contributed by atoms with E-state index in [1.807, 2.05) is 65.6 Å². The van der Waals surface area contributed by atoms with Crippen LogP contribution in [0.3, 0.4) is 0 Å². The van der Waals surface area contributed by atoms with Crippen LogP contribution in [-0.4, -0.2) is 29.7 Å². The van der Waals surface area contributed by atoms with Crippen molar-refractivity contribution in [2.75, 3.05) is 18.1 Å². The third-order valence-corrected chi connectivity index (χ3v) is 11.2. The fourth-order valence-electron chi connectivity index (χ4n) is 4.11. The van der Waals surface area contributed by atoms with Crippen molar-refractivity contribution < 1.29 is 29.0 Å². The molecule has 0 aliphatic carbocycles. The summed E-state index contributed by atoms with van der Waals surface area (Å²) in [6.45, 7) is 1.36. The number of anilines is 1. The number of carbonyl (C=O) groups excluding carboxylic acids is 1. The molecule has 2 heterocycles. The van der Waals surface area contributed by atoms with E-state index in [9.17, 15) is 4.79 Å². The third-order valence-electron chi connectivity index (χ3n) is 5.67. The Morgan fingerprint density at radius 2 is 1.58 bits per heavy atom. The molecule has 4 nitrogen and oxygen atoms in total. The monoisotopic (exact) mass is 527 g/mol. The number of fused-ring (bicyclic) bond motifs is 1. The average molecular weight is 526 g/mol. The van der Waals surface area contributed by atoms with Crippen molar-refractivity contribution in [2.45, 2.75) is 6.42 Å². The number of hydrogen-bond donors (Lipinski definition) is 0. The predicted octanol–water partition coefficient (Wildman–Crippen LogP) is 4.22. The summed E-state index contributed by atoms with van der Waals surface area (Å²) in [5.74, 6) is 0.924. The van der Waals surface area contributed by atoms with Crippen molar-refractivity contribution in [1.82, 2.24) is 4.90 Å². The summed E-state index contributed by atoms with van der Waals surface area (Å²) in [6, 6.07) is 28.6. The number of para-hydroxylation sites is 1. The summed E-state index contributed by atoms with van der Waals surface area (Å²) in [7, 11) is 0. The van der Waals surface area contributed by atoms with E-state index in [0.717, 1.165) is 28.6 Å². The van der Waals surface area contributed by atoms with Crippen LogP contribution >= 0.6 is 11.6 Å². The Morgan fingerprint density at radius 1 is 0.903 bits per heavy atom. The first-order valence-electron chi connectivity index (χ1n) is 10.4. The molecule has 2 aliphatic rings. The quantitative estimate of drug-likeness (QED) is 0.467. The van der Waals surface area contributed by atoms with E-state index in [0.29, 0.717) is 18.8 Å². The molecule has 31 heavy (non-hydrogen) atoms. The molecule has 0 unspecified atom stereocenters. The number of rotatable bonds is 5. The summed E-state index contributed by atoms with van der Waals surface area (Å²) in [5.41, 5.74) is 2.87. The first-order chi connectivity index (χ1) is 15.2. The van der Waals surface area contributed by atoms with E-state index in [2.05, 4.69) is 29.2 Å². The van der Waals surface area contributed by atoms with E-state index in [-0.39, 0.29) is 5.91 Å². The van der Waals surface area contributed by atoms with Crippen LogP contribution in [0.15, 0.2) is 98.9 Å². The number of halogens is 1. The van der Waals surface area contributed by atoms with Gasteiger partial charge in [0.2, 0.25) is 0 Å². The number of hydrogen-bond acceptors (Lipinski definition) is 3.